The molecular weight excluding hydrogens is 215 g/mol. The maximum Gasteiger partial charge on any atom is 0.148 e. The van der Waals surface area contributed by atoms with Crippen LogP contribution in [0.15, 0.2) is 18.2 Å². The van der Waals surface area contributed by atoms with Gasteiger partial charge in [-0.25, -0.2) is 4.39 Å². The molecule has 2 rings (SSSR count). The standard InChI is InChI=1S/C14H21FN2/c1-2-11-5-4-9-17(10-8-11)14-12(15)6-3-7-13(14)16/h3,6-7,11H,2,4-5,8-10,16H2,1H3. The average Bonchev–Trinajstić information content (AvgIpc) is 2.54. The summed E-state index contributed by atoms with van der Waals surface area (Å²) >= 11 is 0. The Bertz CT molecular complexity index is 358. The number of nitrogens with two attached hydrogens (primary N) is 1. The summed E-state index contributed by atoms with van der Waals surface area (Å²) in [6, 6.07) is 4.94. The lowest BCUT2D eigenvalue weighted by atomic mass is 9.98. The normalized spacial score (nSPS) is 21.3. The highest BCUT2D eigenvalue weighted by Crippen LogP contribution is 2.30. The summed E-state index contributed by atoms with van der Waals surface area (Å²) in [5.41, 5.74) is 7.05. The molecule has 2 N–H and O–H groups in total. The number of hydrogen-bond donors (Lipinski definition) is 1. The molecule has 1 aromatic rings. The number of nitrogens with zero attached hydrogens (tertiary/aromatic N) is 1. The Morgan fingerprint density at radius 3 is 2.88 bits per heavy atom. The number of benzene rings is 1. The molecule has 3 heteroatoms. The van der Waals surface area contributed by atoms with E-state index in [4.69, 9.17) is 5.73 Å². The average molecular weight is 236 g/mol. The fraction of sp³-hybridized carbons (Fsp3) is 0.571. The summed E-state index contributed by atoms with van der Waals surface area (Å²) in [6.45, 7) is 4.07. The van der Waals surface area contributed by atoms with Crippen molar-refractivity contribution in [3.8, 4) is 0 Å². The molecule has 0 aromatic heterocycles. The Morgan fingerprint density at radius 1 is 1.35 bits per heavy atom. The minimum atomic E-state index is -0.194. The van der Waals surface area contributed by atoms with Crippen molar-refractivity contribution in [3.05, 3.63) is 24.0 Å². The van der Waals surface area contributed by atoms with E-state index in [2.05, 4.69) is 11.8 Å². The van der Waals surface area contributed by atoms with E-state index in [0.29, 0.717) is 11.4 Å². The highest BCUT2D eigenvalue weighted by Gasteiger charge is 2.19. The van der Waals surface area contributed by atoms with E-state index in [9.17, 15) is 4.39 Å². The fourth-order valence-corrected chi connectivity index (χ4v) is 2.66. The number of halogens is 1. The molecule has 1 aliphatic heterocycles. The van der Waals surface area contributed by atoms with E-state index in [0.717, 1.165) is 31.8 Å². The number of nitrogen functional groups attached to an aromatic ring is 1. The van der Waals surface area contributed by atoms with Crippen molar-refractivity contribution in [3.63, 3.8) is 0 Å². The Hall–Kier alpha value is -1.25. The summed E-state index contributed by atoms with van der Waals surface area (Å²) in [7, 11) is 0. The molecular formula is C14H21FN2. The van der Waals surface area contributed by atoms with Crippen molar-refractivity contribution >= 4 is 11.4 Å². The number of hydrogen-bond acceptors (Lipinski definition) is 2. The van der Waals surface area contributed by atoms with Crippen molar-refractivity contribution < 1.29 is 4.39 Å². The van der Waals surface area contributed by atoms with Gasteiger partial charge in [-0.3, -0.25) is 0 Å². The zero-order valence-corrected chi connectivity index (χ0v) is 10.5. The maximum atomic E-state index is 13.8. The first-order valence-electron chi connectivity index (χ1n) is 6.51. The Kier molecular flexibility index (Phi) is 3.87. The molecule has 0 radical (unpaired) electrons. The zero-order chi connectivity index (χ0) is 12.3. The maximum absolute atomic E-state index is 13.8. The molecule has 0 bridgehead atoms. The van der Waals surface area contributed by atoms with Crippen LogP contribution in [0.1, 0.15) is 32.6 Å². The fourth-order valence-electron chi connectivity index (χ4n) is 2.66. The molecule has 17 heavy (non-hydrogen) atoms. The third-order valence-corrected chi connectivity index (χ3v) is 3.76. The minimum absolute atomic E-state index is 0.194. The number of rotatable bonds is 2. The molecule has 1 fully saturated rings. The van der Waals surface area contributed by atoms with E-state index in [1.165, 1.54) is 18.9 Å². The van der Waals surface area contributed by atoms with Crippen molar-refractivity contribution in [2.45, 2.75) is 32.6 Å². The monoisotopic (exact) mass is 236 g/mol. The summed E-state index contributed by atoms with van der Waals surface area (Å²) in [6.07, 6.45) is 4.75. The van der Waals surface area contributed by atoms with E-state index in [1.807, 2.05) is 0 Å². The lowest BCUT2D eigenvalue weighted by Crippen LogP contribution is -2.26. The molecule has 0 spiro atoms. The van der Waals surface area contributed by atoms with Gasteiger partial charge < -0.3 is 10.6 Å². The number of anilines is 2. The largest absolute Gasteiger partial charge is 0.397 e. The van der Waals surface area contributed by atoms with Crippen molar-refractivity contribution in [2.75, 3.05) is 23.7 Å². The molecule has 1 unspecified atom stereocenters. The van der Waals surface area contributed by atoms with Crippen LogP contribution < -0.4 is 10.6 Å². The van der Waals surface area contributed by atoms with E-state index < -0.39 is 0 Å². The van der Waals surface area contributed by atoms with Crippen LogP contribution >= 0.6 is 0 Å². The lowest BCUT2D eigenvalue weighted by Gasteiger charge is -2.24. The molecule has 2 nitrogen and oxygen atoms in total. The van der Waals surface area contributed by atoms with Gasteiger partial charge in [0.2, 0.25) is 0 Å². The number of para-hydroxylation sites is 1. The van der Waals surface area contributed by atoms with Gasteiger partial charge in [0.15, 0.2) is 0 Å². The van der Waals surface area contributed by atoms with E-state index in [-0.39, 0.29) is 5.82 Å². The Morgan fingerprint density at radius 2 is 2.18 bits per heavy atom. The zero-order valence-electron chi connectivity index (χ0n) is 10.5. The summed E-state index contributed by atoms with van der Waals surface area (Å²) in [5.74, 6) is 0.591. The van der Waals surface area contributed by atoms with Gasteiger partial charge in [0.05, 0.1) is 11.4 Å². The molecule has 1 aliphatic rings. The minimum Gasteiger partial charge on any atom is -0.397 e. The SMILES string of the molecule is CCC1CCCN(c2c(N)cccc2F)CC1. The molecule has 1 saturated heterocycles. The molecule has 0 saturated carbocycles. The summed E-state index contributed by atoms with van der Waals surface area (Å²) in [5, 5.41) is 0. The van der Waals surface area contributed by atoms with Gasteiger partial charge in [0, 0.05) is 13.1 Å². The van der Waals surface area contributed by atoms with Crippen LogP contribution in [-0.4, -0.2) is 13.1 Å². The van der Waals surface area contributed by atoms with Crippen molar-refractivity contribution in [1.82, 2.24) is 0 Å². The summed E-state index contributed by atoms with van der Waals surface area (Å²) in [4.78, 5) is 2.11. The first-order chi connectivity index (χ1) is 8.22. The second-order valence-electron chi connectivity index (χ2n) is 4.87. The van der Waals surface area contributed by atoms with Crippen LogP contribution in [0, 0.1) is 11.7 Å². The quantitative estimate of drug-likeness (QED) is 0.797. The first-order valence-corrected chi connectivity index (χ1v) is 6.51. The van der Waals surface area contributed by atoms with Gasteiger partial charge in [-0.2, -0.15) is 0 Å². The lowest BCUT2D eigenvalue weighted by molar-refractivity contribution is 0.459. The molecule has 1 aromatic carbocycles. The van der Waals surface area contributed by atoms with Crippen LogP contribution in [0.25, 0.3) is 0 Å². The van der Waals surface area contributed by atoms with Crippen molar-refractivity contribution in [2.24, 2.45) is 5.92 Å². The van der Waals surface area contributed by atoms with E-state index >= 15 is 0 Å². The van der Waals surface area contributed by atoms with Gasteiger partial charge in [-0.05, 0) is 37.3 Å². The van der Waals surface area contributed by atoms with Crippen LogP contribution in [0.4, 0.5) is 15.8 Å². The van der Waals surface area contributed by atoms with Gasteiger partial charge in [0.1, 0.15) is 5.82 Å². The van der Waals surface area contributed by atoms with Crippen LogP contribution in [-0.2, 0) is 0 Å². The van der Waals surface area contributed by atoms with Gasteiger partial charge >= 0.3 is 0 Å². The second kappa shape index (κ2) is 5.39. The van der Waals surface area contributed by atoms with Crippen LogP contribution in [0.3, 0.4) is 0 Å². The van der Waals surface area contributed by atoms with Gasteiger partial charge in [0.25, 0.3) is 0 Å². The smallest absolute Gasteiger partial charge is 0.148 e. The second-order valence-corrected chi connectivity index (χ2v) is 4.87. The molecule has 1 atom stereocenters. The van der Waals surface area contributed by atoms with Crippen LogP contribution in [0.2, 0.25) is 0 Å². The highest BCUT2D eigenvalue weighted by molar-refractivity contribution is 5.68. The highest BCUT2D eigenvalue weighted by atomic mass is 19.1. The van der Waals surface area contributed by atoms with E-state index in [1.54, 1.807) is 12.1 Å². The van der Waals surface area contributed by atoms with Gasteiger partial charge in [-0.1, -0.05) is 19.4 Å². The molecule has 1 heterocycles. The predicted molar refractivity (Wildman–Crippen MR) is 70.7 cm³/mol. The molecule has 94 valence electrons. The third-order valence-electron chi connectivity index (χ3n) is 3.76. The summed E-state index contributed by atoms with van der Waals surface area (Å²) < 4.78 is 13.8. The molecule has 0 aliphatic carbocycles. The van der Waals surface area contributed by atoms with Crippen LogP contribution in [0.5, 0.6) is 0 Å². The molecule has 0 amide bonds. The third kappa shape index (κ3) is 2.71. The topological polar surface area (TPSA) is 29.3 Å². The first kappa shape index (κ1) is 12.2. The van der Waals surface area contributed by atoms with Gasteiger partial charge in [-0.15, -0.1) is 0 Å². The predicted octanol–water partition coefficient (Wildman–Crippen LogP) is 3.42. The van der Waals surface area contributed by atoms with Crippen molar-refractivity contribution in [1.29, 1.82) is 0 Å². The Balaban J connectivity index is 2.17. The Labute approximate surface area is 103 Å².